The minimum Gasteiger partial charge on any atom is -0.271 e. The third-order valence-corrected chi connectivity index (χ3v) is 4.18. The molecule has 3 aromatic rings. The fourth-order valence-electron chi connectivity index (χ4n) is 2.31. The molecule has 0 bridgehead atoms. The minimum absolute atomic E-state index is 0.521. The maximum Gasteiger partial charge on any atom is 0.199 e. The fraction of sp³-hybridized carbons (Fsp3) is 0.125. The summed E-state index contributed by atoms with van der Waals surface area (Å²) in [6, 6.07) is 15.6. The quantitative estimate of drug-likeness (QED) is 0.670. The Kier molecular flexibility index (Phi) is 4.62. The SMILES string of the molecule is S=c1[nH]nc(CCc2ccccc2)n1-c1ccc(Cl)cc1Cl. The molecule has 1 aromatic heterocycles. The van der Waals surface area contributed by atoms with Crippen molar-refractivity contribution in [1.29, 1.82) is 0 Å². The summed E-state index contributed by atoms with van der Waals surface area (Å²) in [5.41, 5.74) is 2.04. The molecule has 0 fully saturated rings. The summed E-state index contributed by atoms with van der Waals surface area (Å²) in [6.07, 6.45) is 1.64. The zero-order valence-corrected chi connectivity index (χ0v) is 13.9. The summed E-state index contributed by atoms with van der Waals surface area (Å²) in [6.45, 7) is 0. The van der Waals surface area contributed by atoms with E-state index in [2.05, 4.69) is 22.3 Å². The van der Waals surface area contributed by atoms with Crippen LogP contribution in [0, 0.1) is 4.77 Å². The van der Waals surface area contributed by atoms with Crippen LogP contribution < -0.4 is 0 Å². The first kappa shape index (κ1) is 15.3. The Labute approximate surface area is 143 Å². The standard InChI is InChI=1S/C16H13Cl2N3S/c17-12-7-8-14(13(18)10-12)21-15(19-20-16(21)22)9-6-11-4-2-1-3-5-11/h1-5,7-8,10H,6,9H2,(H,20,22). The average Bonchev–Trinajstić information content (AvgIpc) is 2.87. The smallest absolute Gasteiger partial charge is 0.199 e. The first-order chi connectivity index (χ1) is 10.6. The van der Waals surface area contributed by atoms with Crippen molar-refractivity contribution >= 4 is 35.4 Å². The van der Waals surface area contributed by atoms with Gasteiger partial charge in [-0.25, -0.2) is 0 Å². The van der Waals surface area contributed by atoms with Crippen molar-refractivity contribution in [2.75, 3.05) is 0 Å². The number of halogens is 2. The van der Waals surface area contributed by atoms with Gasteiger partial charge in [-0.15, -0.1) is 0 Å². The Bertz CT molecular complexity index is 840. The third kappa shape index (κ3) is 3.24. The molecule has 0 amide bonds. The first-order valence-corrected chi connectivity index (χ1v) is 7.97. The third-order valence-electron chi connectivity index (χ3n) is 3.37. The van der Waals surface area contributed by atoms with Gasteiger partial charge in [0.25, 0.3) is 0 Å². The first-order valence-electron chi connectivity index (χ1n) is 6.81. The van der Waals surface area contributed by atoms with Crippen LogP contribution in [-0.4, -0.2) is 14.8 Å². The highest BCUT2D eigenvalue weighted by Gasteiger charge is 2.12. The van der Waals surface area contributed by atoms with Crippen LogP contribution in [0.5, 0.6) is 0 Å². The molecule has 2 aromatic carbocycles. The molecular formula is C16H13Cl2N3S. The second kappa shape index (κ2) is 6.65. The van der Waals surface area contributed by atoms with Crippen molar-refractivity contribution in [2.24, 2.45) is 0 Å². The average molecular weight is 350 g/mol. The molecule has 112 valence electrons. The lowest BCUT2D eigenvalue weighted by Crippen LogP contribution is -2.04. The topological polar surface area (TPSA) is 33.6 Å². The lowest BCUT2D eigenvalue weighted by molar-refractivity contribution is 0.820. The summed E-state index contributed by atoms with van der Waals surface area (Å²) in [7, 11) is 0. The Morgan fingerprint density at radius 3 is 2.55 bits per heavy atom. The van der Waals surface area contributed by atoms with Crippen molar-refractivity contribution in [3.05, 3.63) is 74.7 Å². The van der Waals surface area contributed by atoms with Crippen molar-refractivity contribution in [2.45, 2.75) is 12.8 Å². The second-order valence-electron chi connectivity index (χ2n) is 4.86. The molecule has 3 rings (SSSR count). The van der Waals surface area contributed by atoms with Crippen LogP contribution in [0.2, 0.25) is 10.0 Å². The number of rotatable bonds is 4. The van der Waals surface area contributed by atoms with E-state index < -0.39 is 0 Å². The van der Waals surface area contributed by atoms with Gasteiger partial charge in [0.05, 0.1) is 10.7 Å². The normalized spacial score (nSPS) is 10.8. The predicted octanol–water partition coefficient (Wildman–Crippen LogP) is 5.02. The summed E-state index contributed by atoms with van der Waals surface area (Å²) in [4.78, 5) is 0. The van der Waals surface area contributed by atoms with Gasteiger partial charge in [0, 0.05) is 11.4 Å². The summed E-state index contributed by atoms with van der Waals surface area (Å²) in [5, 5.41) is 8.30. The van der Waals surface area contributed by atoms with Gasteiger partial charge >= 0.3 is 0 Å². The summed E-state index contributed by atoms with van der Waals surface area (Å²) < 4.78 is 2.38. The highest BCUT2D eigenvalue weighted by Crippen LogP contribution is 2.25. The molecule has 1 heterocycles. The number of hydrogen-bond donors (Lipinski definition) is 1. The Hall–Kier alpha value is -1.62. The van der Waals surface area contributed by atoms with Crippen LogP contribution in [-0.2, 0) is 12.8 Å². The van der Waals surface area contributed by atoms with Gasteiger partial charge in [0.2, 0.25) is 0 Å². The van der Waals surface area contributed by atoms with Crippen molar-refractivity contribution in [1.82, 2.24) is 14.8 Å². The lowest BCUT2D eigenvalue weighted by Gasteiger charge is -2.09. The van der Waals surface area contributed by atoms with Gasteiger partial charge in [-0.2, -0.15) is 5.10 Å². The zero-order chi connectivity index (χ0) is 15.5. The molecule has 0 aliphatic heterocycles. The van der Waals surface area contributed by atoms with Crippen LogP contribution in [0.3, 0.4) is 0 Å². The number of aryl methyl sites for hydroxylation is 2. The molecule has 0 aliphatic carbocycles. The van der Waals surface area contributed by atoms with E-state index in [1.54, 1.807) is 12.1 Å². The van der Waals surface area contributed by atoms with Gasteiger partial charge in [-0.05, 0) is 42.4 Å². The molecule has 0 radical (unpaired) electrons. The maximum absolute atomic E-state index is 6.29. The van der Waals surface area contributed by atoms with E-state index in [0.717, 1.165) is 24.4 Å². The predicted molar refractivity (Wildman–Crippen MR) is 92.6 cm³/mol. The van der Waals surface area contributed by atoms with E-state index in [4.69, 9.17) is 35.4 Å². The number of nitrogens with zero attached hydrogens (tertiary/aromatic N) is 2. The Balaban J connectivity index is 1.92. The number of aromatic amines is 1. The monoisotopic (exact) mass is 349 g/mol. The molecule has 0 atom stereocenters. The number of aromatic nitrogens is 3. The molecule has 0 aliphatic rings. The lowest BCUT2D eigenvalue weighted by atomic mass is 10.1. The van der Waals surface area contributed by atoms with Crippen LogP contribution >= 0.6 is 35.4 Å². The molecule has 0 saturated carbocycles. The van der Waals surface area contributed by atoms with Crippen LogP contribution in [0.1, 0.15) is 11.4 Å². The minimum atomic E-state index is 0.521. The van der Waals surface area contributed by atoms with Gasteiger partial charge in [-0.3, -0.25) is 9.67 Å². The van der Waals surface area contributed by atoms with Crippen molar-refractivity contribution in [3.63, 3.8) is 0 Å². The molecule has 0 saturated heterocycles. The molecule has 22 heavy (non-hydrogen) atoms. The van der Waals surface area contributed by atoms with Gasteiger partial charge in [0.15, 0.2) is 4.77 Å². The largest absolute Gasteiger partial charge is 0.271 e. The highest BCUT2D eigenvalue weighted by molar-refractivity contribution is 7.71. The van der Waals surface area contributed by atoms with E-state index in [9.17, 15) is 0 Å². The Morgan fingerprint density at radius 2 is 1.82 bits per heavy atom. The highest BCUT2D eigenvalue weighted by atomic mass is 35.5. The van der Waals surface area contributed by atoms with Crippen LogP contribution in [0.15, 0.2) is 48.5 Å². The van der Waals surface area contributed by atoms with Gasteiger partial charge in [0.1, 0.15) is 5.82 Å². The number of hydrogen-bond acceptors (Lipinski definition) is 2. The maximum atomic E-state index is 6.29. The summed E-state index contributed by atoms with van der Waals surface area (Å²) in [5.74, 6) is 0.845. The molecule has 0 unspecified atom stereocenters. The molecule has 3 nitrogen and oxygen atoms in total. The molecule has 1 N–H and O–H groups in total. The number of nitrogens with one attached hydrogen (secondary N) is 1. The van der Waals surface area contributed by atoms with Gasteiger partial charge in [-0.1, -0.05) is 53.5 Å². The number of benzene rings is 2. The Morgan fingerprint density at radius 1 is 1.05 bits per heavy atom. The van der Waals surface area contributed by atoms with E-state index in [1.807, 2.05) is 28.8 Å². The van der Waals surface area contributed by atoms with Crippen molar-refractivity contribution in [3.8, 4) is 5.69 Å². The van der Waals surface area contributed by atoms with Crippen molar-refractivity contribution < 1.29 is 0 Å². The van der Waals surface area contributed by atoms with E-state index in [1.165, 1.54) is 5.56 Å². The second-order valence-corrected chi connectivity index (χ2v) is 6.09. The molecular weight excluding hydrogens is 337 g/mol. The van der Waals surface area contributed by atoms with Gasteiger partial charge < -0.3 is 0 Å². The summed E-state index contributed by atoms with van der Waals surface area (Å²) >= 11 is 17.6. The van der Waals surface area contributed by atoms with E-state index >= 15 is 0 Å². The molecule has 6 heteroatoms. The van der Waals surface area contributed by atoms with E-state index in [0.29, 0.717) is 14.8 Å². The fourth-order valence-corrected chi connectivity index (χ4v) is 3.05. The molecule has 0 spiro atoms. The van der Waals surface area contributed by atoms with Crippen LogP contribution in [0.25, 0.3) is 5.69 Å². The zero-order valence-electron chi connectivity index (χ0n) is 11.6. The van der Waals surface area contributed by atoms with Crippen LogP contribution in [0.4, 0.5) is 0 Å². The van der Waals surface area contributed by atoms with E-state index in [-0.39, 0.29) is 0 Å². The number of H-pyrrole nitrogens is 1.